The monoisotopic (exact) mass is 432 g/mol. The molecular weight excluding hydrogens is 376 g/mol. The minimum atomic E-state index is 0. The zero-order valence-corrected chi connectivity index (χ0v) is 21.9. The molecular formula is C30H56O. The SMILES string of the molecule is CC(C)CCC[C@@H](C)[C@H]1CCC2[C@@H]3CC=C4CC(OC(C)C)CC[C@]4(C)C3CC[C@@]21C.[HH].[HH]. The van der Waals surface area contributed by atoms with Crippen molar-refractivity contribution in [1.82, 2.24) is 0 Å². The molecule has 3 fully saturated rings. The maximum atomic E-state index is 6.25. The third-order valence-electron chi connectivity index (χ3n) is 10.7. The summed E-state index contributed by atoms with van der Waals surface area (Å²) >= 11 is 0. The first-order chi connectivity index (χ1) is 14.6. The number of rotatable bonds is 7. The summed E-state index contributed by atoms with van der Waals surface area (Å²) in [5.41, 5.74) is 2.84. The topological polar surface area (TPSA) is 9.23 Å². The van der Waals surface area contributed by atoms with E-state index in [-0.39, 0.29) is 2.85 Å². The average Bonchev–Trinajstić information content (AvgIpc) is 3.05. The van der Waals surface area contributed by atoms with Crippen molar-refractivity contribution in [2.45, 2.75) is 131 Å². The van der Waals surface area contributed by atoms with Crippen molar-refractivity contribution in [2.75, 3.05) is 0 Å². The van der Waals surface area contributed by atoms with Crippen LogP contribution in [-0.4, -0.2) is 12.2 Å². The standard InChI is InChI=1S/C30H52O.2H2/c1-20(2)9-8-10-22(5)26-13-14-27-25-12-11-23-19-24(31-21(3)4)15-17-29(23,6)28(25)16-18-30(26,27)7;;/h11,20-22,24-28H,8-10,12-19H2,1-7H3;2*1H/t22-,24?,25+,26-,27?,28?,29+,30-;;/m1../s1. The van der Waals surface area contributed by atoms with Gasteiger partial charge in [0.15, 0.2) is 0 Å². The van der Waals surface area contributed by atoms with Gasteiger partial charge < -0.3 is 4.74 Å². The summed E-state index contributed by atoms with van der Waals surface area (Å²) in [6, 6.07) is 0. The zero-order valence-electron chi connectivity index (χ0n) is 21.9. The van der Waals surface area contributed by atoms with Crippen LogP contribution in [0, 0.1) is 46.3 Å². The fourth-order valence-electron chi connectivity index (χ4n) is 9.15. The second kappa shape index (κ2) is 9.15. The lowest BCUT2D eigenvalue weighted by molar-refractivity contribution is -0.0707. The van der Waals surface area contributed by atoms with Crippen LogP contribution in [0.15, 0.2) is 11.6 Å². The van der Waals surface area contributed by atoms with Crippen LogP contribution < -0.4 is 0 Å². The van der Waals surface area contributed by atoms with Gasteiger partial charge in [0, 0.05) is 2.85 Å². The lowest BCUT2D eigenvalue weighted by atomic mass is 9.47. The first kappa shape index (κ1) is 23.8. The molecule has 3 saturated carbocycles. The van der Waals surface area contributed by atoms with Crippen LogP contribution in [-0.2, 0) is 4.74 Å². The van der Waals surface area contributed by atoms with Crippen molar-refractivity contribution in [1.29, 1.82) is 0 Å². The number of hydrogen-bond donors (Lipinski definition) is 0. The van der Waals surface area contributed by atoms with E-state index in [4.69, 9.17) is 4.74 Å². The minimum absolute atomic E-state index is 0. The first-order valence-corrected chi connectivity index (χ1v) is 14.0. The molecule has 4 aliphatic rings. The highest BCUT2D eigenvalue weighted by atomic mass is 16.5. The van der Waals surface area contributed by atoms with E-state index >= 15 is 0 Å². The van der Waals surface area contributed by atoms with Crippen LogP contribution >= 0.6 is 0 Å². The number of allylic oxidation sites excluding steroid dienone is 1. The van der Waals surface area contributed by atoms with Crippen LogP contribution in [0.2, 0.25) is 0 Å². The summed E-state index contributed by atoms with van der Waals surface area (Å²) in [6.07, 6.45) is 19.0. The number of fused-ring (bicyclic) bond motifs is 5. The molecule has 0 saturated heterocycles. The molecule has 4 aliphatic carbocycles. The highest BCUT2D eigenvalue weighted by molar-refractivity contribution is 5.25. The summed E-state index contributed by atoms with van der Waals surface area (Å²) in [4.78, 5) is 0. The molecule has 0 heterocycles. The van der Waals surface area contributed by atoms with Gasteiger partial charge >= 0.3 is 0 Å². The minimum Gasteiger partial charge on any atom is -0.375 e. The smallest absolute Gasteiger partial charge is 0.0616 e. The Labute approximate surface area is 197 Å². The molecule has 0 bridgehead atoms. The molecule has 0 amide bonds. The molecule has 1 nitrogen and oxygen atoms in total. The number of ether oxygens (including phenoxy) is 1. The predicted molar refractivity (Wildman–Crippen MR) is 137 cm³/mol. The lowest BCUT2D eigenvalue weighted by Gasteiger charge is -2.58. The zero-order chi connectivity index (χ0) is 22.4. The van der Waals surface area contributed by atoms with E-state index in [0.29, 0.717) is 23.0 Å². The highest BCUT2D eigenvalue weighted by Gasteiger charge is 2.59. The highest BCUT2D eigenvalue weighted by Crippen LogP contribution is 2.67. The van der Waals surface area contributed by atoms with Crippen LogP contribution in [0.4, 0.5) is 0 Å². The van der Waals surface area contributed by atoms with Gasteiger partial charge in [-0.2, -0.15) is 0 Å². The van der Waals surface area contributed by atoms with E-state index in [1.807, 2.05) is 0 Å². The summed E-state index contributed by atoms with van der Waals surface area (Å²) in [5, 5.41) is 0. The van der Waals surface area contributed by atoms with E-state index < -0.39 is 0 Å². The molecule has 31 heavy (non-hydrogen) atoms. The van der Waals surface area contributed by atoms with Crippen LogP contribution in [0.5, 0.6) is 0 Å². The van der Waals surface area contributed by atoms with Gasteiger partial charge in [-0.1, -0.05) is 65.5 Å². The van der Waals surface area contributed by atoms with Gasteiger partial charge in [0.25, 0.3) is 0 Å². The van der Waals surface area contributed by atoms with Gasteiger partial charge in [-0.3, -0.25) is 0 Å². The third-order valence-corrected chi connectivity index (χ3v) is 10.7. The van der Waals surface area contributed by atoms with E-state index in [2.05, 4.69) is 54.5 Å². The van der Waals surface area contributed by atoms with Crippen LogP contribution in [0.1, 0.15) is 122 Å². The predicted octanol–water partition coefficient (Wildman–Crippen LogP) is 9.31. The molecule has 3 unspecified atom stereocenters. The van der Waals surface area contributed by atoms with E-state index in [9.17, 15) is 0 Å². The Hall–Kier alpha value is -0.300. The molecule has 0 aromatic carbocycles. The average molecular weight is 433 g/mol. The van der Waals surface area contributed by atoms with Gasteiger partial charge in [0.05, 0.1) is 12.2 Å². The molecule has 0 aromatic rings. The second-order valence-corrected chi connectivity index (χ2v) is 13.3. The summed E-state index contributed by atoms with van der Waals surface area (Å²) in [6.45, 7) is 17.1. The largest absolute Gasteiger partial charge is 0.375 e. The van der Waals surface area contributed by atoms with Gasteiger partial charge in [-0.25, -0.2) is 0 Å². The molecule has 1 heteroatoms. The Kier molecular flexibility index (Phi) is 7.04. The fraction of sp³-hybridized carbons (Fsp3) is 0.933. The van der Waals surface area contributed by atoms with Gasteiger partial charge in [-0.05, 0) is 112 Å². The van der Waals surface area contributed by atoms with Gasteiger partial charge in [0.2, 0.25) is 0 Å². The Balaban J connectivity index is 0.00000193. The van der Waals surface area contributed by atoms with E-state index in [1.165, 1.54) is 70.6 Å². The Morgan fingerprint density at radius 2 is 1.74 bits per heavy atom. The molecule has 0 radical (unpaired) electrons. The van der Waals surface area contributed by atoms with Crippen molar-refractivity contribution in [2.24, 2.45) is 46.3 Å². The number of hydrogen-bond acceptors (Lipinski definition) is 1. The van der Waals surface area contributed by atoms with Gasteiger partial charge in [0.1, 0.15) is 0 Å². The van der Waals surface area contributed by atoms with Gasteiger partial charge in [-0.15, -0.1) is 0 Å². The molecule has 8 atom stereocenters. The fourth-order valence-corrected chi connectivity index (χ4v) is 9.15. The Morgan fingerprint density at radius 3 is 2.45 bits per heavy atom. The Morgan fingerprint density at radius 1 is 0.968 bits per heavy atom. The lowest BCUT2D eigenvalue weighted by Crippen LogP contribution is -2.51. The molecule has 0 N–H and O–H groups in total. The Bertz CT molecular complexity index is 658. The molecule has 0 spiro atoms. The molecule has 0 aliphatic heterocycles. The van der Waals surface area contributed by atoms with Crippen molar-refractivity contribution in [3.63, 3.8) is 0 Å². The maximum Gasteiger partial charge on any atom is 0.0616 e. The first-order valence-electron chi connectivity index (χ1n) is 14.0. The van der Waals surface area contributed by atoms with Crippen LogP contribution in [0.3, 0.4) is 0 Å². The quantitative estimate of drug-likeness (QED) is 0.364. The van der Waals surface area contributed by atoms with Crippen molar-refractivity contribution in [3.8, 4) is 0 Å². The summed E-state index contributed by atoms with van der Waals surface area (Å²) in [7, 11) is 0. The van der Waals surface area contributed by atoms with Crippen molar-refractivity contribution < 1.29 is 7.59 Å². The summed E-state index contributed by atoms with van der Waals surface area (Å²) < 4.78 is 6.25. The molecule has 4 rings (SSSR count). The van der Waals surface area contributed by atoms with E-state index in [1.54, 1.807) is 5.57 Å². The van der Waals surface area contributed by atoms with Crippen molar-refractivity contribution >= 4 is 0 Å². The normalized spacial score (nSPS) is 43.4. The van der Waals surface area contributed by atoms with Crippen molar-refractivity contribution in [3.05, 3.63) is 11.6 Å². The third kappa shape index (κ3) is 4.43. The molecule has 0 aromatic heterocycles. The van der Waals surface area contributed by atoms with E-state index in [0.717, 1.165) is 35.5 Å². The second-order valence-electron chi connectivity index (χ2n) is 13.3. The maximum absolute atomic E-state index is 6.25. The van der Waals surface area contributed by atoms with Crippen LogP contribution in [0.25, 0.3) is 0 Å². The molecule has 182 valence electrons. The summed E-state index contributed by atoms with van der Waals surface area (Å²) in [5.74, 6) is 5.60.